The molecular formula is C20H19FN4O2. The number of amides is 1. The van der Waals surface area contributed by atoms with Gasteiger partial charge in [-0.05, 0) is 49.7 Å². The van der Waals surface area contributed by atoms with Gasteiger partial charge in [-0.2, -0.15) is 0 Å². The third kappa shape index (κ3) is 3.92. The molecule has 0 aliphatic carbocycles. The van der Waals surface area contributed by atoms with Crippen molar-refractivity contribution in [1.82, 2.24) is 15.0 Å². The fourth-order valence-electron chi connectivity index (χ4n) is 2.63. The van der Waals surface area contributed by atoms with Crippen LogP contribution in [0, 0.1) is 5.82 Å². The van der Waals surface area contributed by atoms with Crippen LogP contribution < -0.4 is 10.1 Å². The minimum atomic E-state index is -0.787. The van der Waals surface area contributed by atoms with Crippen molar-refractivity contribution in [3.63, 3.8) is 0 Å². The number of anilines is 1. The molecule has 0 fully saturated rings. The van der Waals surface area contributed by atoms with E-state index in [1.165, 1.54) is 31.6 Å². The maximum absolute atomic E-state index is 13.6. The van der Waals surface area contributed by atoms with Gasteiger partial charge in [-0.1, -0.05) is 0 Å². The van der Waals surface area contributed by atoms with E-state index < -0.39 is 11.2 Å². The third-order valence-electron chi connectivity index (χ3n) is 4.32. The van der Waals surface area contributed by atoms with Crippen LogP contribution in [-0.2, 0) is 10.2 Å². The zero-order valence-electron chi connectivity index (χ0n) is 15.2. The highest BCUT2D eigenvalue weighted by Crippen LogP contribution is 2.30. The molecule has 3 aromatic rings. The Morgan fingerprint density at radius 3 is 2.56 bits per heavy atom. The summed E-state index contributed by atoms with van der Waals surface area (Å²) in [6.45, 7) is 3.63. The van der Waals surface area contributed by atoms with Gasteiger partial charge >= 0.3 is 0 Å². The fourth-order valence-corrected chi connectivity index (χ4v) is 2.63. The average molecular weight is 366 g/mol. The molecule has 0 radical (unpaired) electrons. The molecule has 0 unspecified atom stereocenters. The van der Waals surface area contributed by atoms with Gasteiger partial charge in [0.15, 0.2) is 0 Å². The predicted molar refractivity (Wildman–Crippen MR) is 99.9 cm³/mol. The van der Waals surface area contributed by atoms with Gasteiger partial charge in [0, 0.05) is 24.0 Å². The molecule has 0 aliphatic rings. The maximum atomic E-state index is 13.6. The summed E-state index contributed by atoms with van der Waals surface area (Å²) in [5, 5.41) is 2.80. The average Bonchev–Trinajstić information content (AvgIpc) is 2.68. The van der Waals surface area contributed by atoms with Gasteiger partial charge in [-0.25, -0.2) is 14.4 Å². The van der Waals surface area contributed by atoms with Gasteiger partial charge < -0.3 is 10.1 Å². The van der Waals surface area contributed by atoms with Crippen molar-refractivity contribution in [3.8, 4) is 17.0 Å². The van der Waals surface area contributed by atoms with Crippen LogP contribution in [0.1, 0.15) is 19.4 Å². The van der Waals surface area contributed by atoms with Crippen LogP contribution in [0.5, 0.6) is 5.75 Å². The summed E-state index contributed by atoms with van der Waals surface area (Å²) >= 11 is 0. The topological polar surface area (TPSA) is 77.0 Å². The Morgan fingerprint density at radius 2 is 1.85 bits per heavy atom. The lowest BCUT2D eigenvalue weighted by Crippen LogP contribution is -2.35. The molecule has 0 saturated carbocycles. The number of aromatic nitrogens is 3. The second-order valence-corrected chi connectivity index (χ2v) is 6.45. The van der Waals surface area contributed by atoms with Crippen molar-refractivity contribution in [3.05, 3.63) is 66.5 Å². The summed E-state index contributed by atoms with van der Waals surface area (Å²) in [5.41, 5.74) is 0.961. The number of nitrogens with zero attached hydrogens (tertiary/aromatic N) is 3. The number of hydrogen-bond acceptors (Lipinski definition) is 5. The van der Waals surface area contributed by atoms with Crippen LogP contribution in [-0.4, -0.2) is 28.0 Å². The number of methoxy groups -OCH3 is 1. The number of carbonyl (C=O) groups excluding carboxylic acids is 1. The first kappa shape index (κ1) is 18.4. The number of ether oxygens (including phenoxy) is 1. The minimum absolute atomic E-state index is 0.232. The molecule has 0 atom stereocenters. The number of carbonyl (C=O) groups is 1. The van der Waals surface area contributed by atoms with E-state index in [0.29, 0.717) is 22.8 Å². The molecule has 1 amide bonds. The van der Waals surface area contributed by atoms with Gasteiger partial charge in [0.1, 0.15) is 23.7 Å². The first-order chi connectivity index (χ1) is 12.9. The summed E-state index contributed by atoms with van der Waals surface area (Å²) in [4.78, 5) is 25.0. The van der Waals surface area contributed by atoms with Gasteiger partial charge in [-0.3, -0.25) is 9.78 Å². The lowest BCUT2D eigenvalue weighted by Gasteiger charge is -2.23. The number of halogens is 1. The summed E-state index contributed by atoms with van der Waals surface area (Å²) in [5.74, 6) is 0.154. The Morgan fingerprint density at radius 1 is 1.11 bits per heavy atom. The Bertz CT molecular complexity index is 961. The summed E-state index contributed by atoms with van der Waals surface area (Å²) in [6, 6.07) is 9.33. The first-order valence-electron chi connectivity index (χ1n) is 8.29. The van der Waals surface area contributed by atoms with Crippen molar-refractivity contribution >= 4 is 11.7 Å². The Kier molecular flexibility index (Phi) is 5.12. The first-order valence-corrected chi connectivity index (χ1v) is 8.29. The van der Waals surface area contributed by atoms with Gasteiger partial charge in [0.2, 0.25) is 5.91 Å². The van der Waals surface area contributed by atoms with Crippen LogP contribution in [0.2, 0.25) is 0 Å². The molecule has 3 rings (SSSR count). The predicted octanol–water partition coefficient (Wildman–Crippen LogP) is 3.60. The lowest BCUT2D eigenvalue weighted by molar-refractivity contribution is -0.120. The molecule has 1 N–H and O–H groups in total. The number of rotatable bonds is 5. The second-order valence-electron chi connectivity index (χ2n) is 6.45. The van der Waals surface area contributed by atoms with E-state index in [2.05, 4.69) is 20.3 Å². The quantitative estimate of drug-likeness (QED) is 0.746. The second kappa shape index (κ2) is 7.49. The van der Waals surface area contributed by atoms with E-state index in [4.69, 9.17) is 4.74 Å². The SMILES string of the molecule is COc1ccc(F)cc1-c1cc(NC(=O)C(C)(C)c2ccncc2)ncn1. The third-order valence-corrected chi connectivity index (χ3v) is 4.32. The highest BCUT2D eigenvalue weighted by Gasteiger charge is 2.30. The summed E-state index contributed by atoms with van der Waals surface area (Å²) in [6.07, 6.45) is 4.60. The Labute approximate surface area is 156 Å². The standard InChI is InChI=1S/C20H19FN4O2/c1-20(2,13-6-8-22-9-7-13)19(26)25-18-11-16(23-12-24-18)15-10-14(21)4-5-17(15)27-3/h4-12H,1-3H3,(H,23,24,25,26). The summed E-state index contributed by atoms with van der Waals surface area (Å²) < 4.78 is 18.9. The zero-order chi connectivity index (χ0) is 19.4. The van der Waals surface area contributed by atoms with E-state index in [0.717, 1.165) is 5.56 Å². The molecule has 27 heavy (non-hydrogen) atoms. The zero-order valence-corrected chi connectivity index (χ0v) is 15.2. The largest absolute Gasteiger partial charge is 0.496 e. The van der Waals surface area contributed by atoms with Gasteiger partial charge in [0.25, 0.3) is 0 Å². The van der Waals surface area contributed by atoms with Crippen molar-refractivity contribution in [1.29, 1.82) is 0 Å². The molecule has 138 valence electrons. The smallest absolute Gasteiger partial charge is 0.235 e. The molecular weight excluding hydrogens is 347 g/mol. The Hall–Kier alpha value is -3.35. The molecule has 2 heterocycles. The number of benzene rings is 1. The molecule has 1 aromatic carbocycles. The van der Waals surface area contributed by atoms with Gasteiger partial charge in [0.05, 0.1) is 18.2 Å². The van der Waals surface area contributed by atoms with Crippen molar-refractivity contribution in [2.75, 3.05) is 12.4 Å². The summed E-state index contributed by atoms with van der Waals surface area (Å²) in [7, 11) is 1.50. The highest BCUT2D eigenvalue weighted by atomic mass is 19.1. The van der Waals surface area contributed by atoms with Crippen LogP contribution in [0.25, 0.3) is 11.3 Å². The van der Waals surface area contributed by atoms with Crippen molar-refractivity contribution in [2.24, 2.45) is 0 Å². The van der Waals surface area contributed by atoms with Crippen LogP contribution in [0.15, 0.2) is 55.1 Å². The highest BCUT2D eigenvalue weighted by molar-refractivity contribution is 5.98. The number of nitrogens with one attached hydrogen (secondary N) is 1. The molecule has 6 nitrogen and oxygen atoms in total. The van der Waals surface area contributed by atoms with Crippen molar-refractivity contribution < 1.29 is 13.9 Å². The number of pyridine rings is 1. The van der Waals surface area contributed by atoms with E-state index in [-0.39, 0.29) is 5.91 Å². The molecule has 7 heteroatoms. The van der Waals surface area contributed by atoms with Crippen LogP contribution >= 0.6 is 0 Å². The number of hydrogen-bond donors (Lipinski definition) is 1. The Balaban J connectivity index is 1.89. The van der Waals surface area contributed by atoms with E-state index >= 15 is 0 Å². The van der Waals surface area contributed by atoms with Crippen molar-refractivity contribution in [2.45, 2.75) is 19.3 Å². The minimum Gasteiger partial charge on any atom is -0.496 e. The molecule has 0 saturated heterocycles. The van der Waals surface area contributed by atoms with E-state index in [9.17, 15) is 9.18 Å². The molecule has 0 bridgehead atoms. The maximum Gasteiger partial charge on any atom is 0.235 e. The van der Waals surface area contributed by atoms with Crippen LogP contribution in [0.3, 0.4) is 0 Å². The lowest BCUT2D eigenvalue weighted by atomic mass is 9.84. The molecule has 2 aromatic heterocycles. The monoisotopic (exact) mass is 366 g/mol. The molecule has 0 spiro atoms. The normalized spacial score (nSPS) is 11.1. The van der Waals surface area contributed by atoms with E-state index in [1.54, 1.807) is 30.6 Å². The fraction of sp³-hybridized carbons (Fsp3) is 0.200. The van der Waals surface area contributed by atoms with Gasteiger partial charge in [-0.15, -0.1) is 0 Å². The molecule has 0 aliphatic heterocycles. The van der Waals surface area contributed by atoms with E-state index in [1.807, 2.05) is 13.8 Å². The van der Waals surface area contributed by atoms with Crippen LogP contribution in [0.4, 0.5) is 10.2 Å².